The van der Waals surface area contributed by atoms with E-state index in [0.717, 1.165) is 24.3 Å². The number of imide groups is 1. The van der Waals surface area contributed by atoms with Gasteiger partial charge in [0.1, 0.15) is 5.70 Å². The summed E-state index contributed by atoms with van der Waals surface area (Å²) in [6.07, 6.45) is 2.41. The van der Waals surface area contributed by atoms with Crippen LogP contribution in [-0.4, -0.2) is 56.1 Å². The molecule has 6 nitrogen and oxygen atoms in total. The van der Waals surface area contributed by atoms with Gasteiger partial charge in [-0.2, -0.15) is 0 Å². The van der Waals surface area contributed by atoms with Gasteiger partial charge >= 0.3 is 0 Å². The largest absolute Gasteiger partial charge is 0.378 e. The molecule has 0 atom stereocenters. The molecule has 30 heavy (non-hydrogen) atoms. The predicted molar refractivity (Wildman–Crippen MR) is 116 cm³/mol. The van der Waals surface area contributed by atoms with Gasteiger partial charge in [0.25, 0.3) is 11.8 Å². The third-order valence-corrected chi connectivity index (χ3v) is 6.03. The number of ether oxygens (including phenoxy) is 1. The molecule has 0 unspecified atom stereocenters. The SMILES string of the molecule is O=C1C(c2ccccc2)=C(N2CCOCC2)C(=O)N1c1ccc(N2CCCC2)cc1. The number of anilines is 2. The van der Waals surface area contributed by atoms with E-state index in [0.29, 0.717) is 43.3 Å². The second kappa shape index (κ2) is 7.95. The van der Waals surface area contributed by atoms with Crippen molar-refractivity contribution < 1.29 is 14.3 Å². The highest BCUT2D eigenvalue weighted by Gasteiger charge is 2.42. The minimum atomic E-state index is -0.262. The number of hydrogen-bond donors (Lipinski definition) is 0. The van der Waals surface area contributed by atoms with E-state index >= 15 is 0 Å². The zero-order valence-corrected chi connectivity index (χ0v) is 16.9. The van der Waals surface area contributed by atoms with Gasteiger partial charge in [-0.3, -0.25) is 9.59 Å². The average Bonchev–Trinajstić information content (AvgIpc) is 3.42. The van der Waals surface area contributed by atoms with Crippen LogP contribution in [0.2, 0.25) is 0 Å². The number of morpholine rings is 1. The highest BCUT2D eigenvalue weighted by molar-refractivity contribution is 6.45. The fourth-order valence-corrected chi connectivity index (χ4v) is 4.49. The van der Waals surface area contributed by atoms with Crippen LogP contribution in [-0.2, 0) is 14.3 Å². The summed E-state index contributed by atoms with van der Waals surface area (Å²) in [6, 6.07) is 17.3. The Balaban J connectivity index is 1.51. The zero-order chi connectivity index (χ0) is 20.5. The van der Waals surface area contributed by atoms with Gasteiger partial charge in [0.2, 0.25) is 0 Å². The van der Waals surface area contributed by atoms with Crippen molar-refractivity contribution in [2.45, 2.75) is 12.8 Å². The lowest BCUT2D eigenvalue weighted by atomic mass is 10.0. The standard InChI is InChI=1S/C24H25N3O3/c28-23-21(18-6-2-1-3-7-18)22(26-14-16-30-17-15-26)24(29)27(23)20-10-8-19(9-11-20)25-12-4-5-13-25/h1-3,6-11H,4-5,12-17H2. The van der Waals surface area contributed by atoms with Crippen molar-refractivity contribution in [3.8, 4) is 0 Å². The van der Waals surface area contributed by atoms with E-state index < -0.39 is 0 Å². The molecule has 0 bridgehead atoms. The van der Waals surface area contributed by atoms with Crippen molar-refractivity contribution in [3.63, 3.8) is 0 Å². The van der Waals surface area contributed by atoms with Crippen LogP contribution in [0.5, 0.6) is 0 Å². The molecular formula is C24H25N3O3. The molecule has 0 saturated carbocycles. The maximum Gasteiger partial charge on any atom is 0.282 e. The molecular weight excluding hydrogens is 378 g/mol. The number of benzene rings is 2. The van der Waals surface area contributed by atoms with E-state index in [2.05, 4.69) is 4.90 Å². The van der Waals surface area contributed by atoms with E-state index in [1.165, 1.54) is 17.7 Å². The van der Waals surface area contributed by atoms with Crippen LogP contribution >= 0.6 is 0 Å². The molecule has 3 aliphatic rings. The normalized spacial score (nSPS) is 19.9. The summed E-state index contributed by atoms with van der Waals surface area (Å²) >= 11 is 0. The zero-order valence-electron chi connectivity index (χ0n) is 16.9. The van der Waals surface area contributed by atoms with E-state index in [-0.39, 0.29) is 11.8 Å². The van der Waals surface area contributed by atoms with Crippen molar-refractivity contribution in [3.05, 3.63) is 65.9 Å². The second-order valence-electron chi connectivity index (χ2n) is 7.85. The molecule has 0 aromatic heterocycles. The summed E-state index contributed by atoms with van der Waals surface area (Å²) in [7, 11) is 0. The van der Waals surface area contributed by atoms with Crippen LogP contribution in [0.15, 0.2) is 60.3 Å². The summed E-state index contributed by atoms with van der Waals surface area (Å²) in [5.74, 6) is -0.517. The van der Waals surface area contributed by atoms with Crippen LogP contribution in [0.1, 0.15) is 18.4 Å². The van der Waals surface area contributed by atoms with Crippen molar-refractivity contribution in [2.75, 3.05) is 49.2 Å². The van der Waals surface area contributed by atoms with Gasteiger partial charge in [0, 0.05) is 31.9 Å². The van der Waals surface area contributed by atoms with Crippen molar-refractivity contribution >= 4 is 28.8 Å². The van der Waals surface area contributed by atoms with Gasteiger partial charge in [-0.25, -0.2) is 4.90 Å². The number of nitrogens with zero attached hydrogens (tertiary/aromatic N) is 3. The van der Waals surface area contributed by atoms with E-state index in [9.17, 15) is 9.59 Å². The molecule has 3 heterocycles. The van der Waals surface area contributed by atoms with Crippen LogP contribution in [0.4, 0.5) is 11.4 Å². The minimum Gasteiger partial charge on any atom is -0.378 e. The lowest BCUT2D eigenvalue weighted by molar-refractivity contribution is -0.121. The average molecular weight is 403 g/mol. The molecule has 0 N–H and O–H groups in total. The summed E-state index contributed by atoms with van der Waals surface area (Å²) in [5.41, 5.74) is 3.49. The molecule has 2 fully saturated rings. The lowest BCUT2D eigenvalue weighted by Crippen LogP contribution is -2.40. The summed E-state index contributed by atoms with van der Waals surface area (Å²) in [4.78, 5) is 32.6. The Kier molecular flexibility index (Phi) is 5.01. The fraction of sp³-hybridized carbons (Fsp3) is 0.333. The molecule has 5 rings (SSSR count). The fourth-order valence-electron chi connectivity index (χ4n) is 4.49. The maximum atomic E-state index is 13.5. The summed E-state index contributed by atoms with van der Waals surface area (Å²) < 4.78 is 5.46. The Bertz CT molecular complexity index is 973. The molecule has 2 saturated heterocycles. The Hall–Kier alpha value is -3.12. The predicted octanol–water partition coefficient (Wildman–Crippen LogP) is 2.90. The minimum absolute atomic E-state index is 0.255. The number of carbonyl (C=O) groups is 2. The van der Waals surface area contributed by atoms with Crippen LogP contribution in [0.25, 0.3) is 5.57 Å². The third kappa shape index (κ3) is 3.27. The van der Waals surface area contributed by atoms with Gasteiger partial charge in [0.15, 0.2) is 0 Å². The van der Waals surface area contributed by atoms with Crippen molar-refractivity contribution in [2.24, 2.45) is 0 Å². The Morgan fingerprint density at radius 2 is 1.30 bits per heavy atom. The maximum absolute atomic E-state index is 13.5. The Morgan fingerprint density at radius 1 is 0.667 bits per heavy atom. The summed E-state index contributed by atoms with van der Waals surface area (Å²) in [6.45, 7) is 4.43. The van der Waals surface area contributed by atoms with Crippen LogP contribution in [0.3, 0.4) is 0 Å². The van der Waals surface area contributed by atoms with Gasteiger partial charge in [-0.15, -0.1) is 0 Å². The smallest absolute Gasteiger partial charge is 0.282 e. The molecule has 6 heteroatoms. The first-order valence-electron chi connectivity index (χ1n) is 10.6. The van der Waals surface area contributed by atoms with Crippen molar-refractivity contribution in [1.29, 1.82) is 0 Å². The number of rotatable bonds is 4. The third-order valence-electron chi connectivity index (χ3n) is 6.03. The lowest BCUT2D eigenvalue weighted by Gasteiger charge is -2.29. The Morgan fingerprint density at radius 3 is 1.97 bits per heavy atom. The summed E-state index contributed by atoms with van der Waals surface area (Å²) in [5, 5.41) is 0. The second-order valence-corrected chi connectivity index (χ2v) is 7.85. The highest BCUT2D eigenvalue weighted by Crippen LogP contribution is 2.35. The molecule has 154 valence electrons. The molecule has 0 radical (unpaired) electrons. The molecule has 0 spiro atoms. The van der Waals surface area contributed by atoms with E-state index in [4.69, 9.17) is 4.74 Å². The van der Waals surface area contributed by atoms with E-state index in [1.54, 1.807) is 0 Å². The van der Waals surface area contributed by atoms with Gasteiger partial charge < -0.3 is 14.5 Å². The quantitative estimate of drug-likeness (QED) is 0.735. The molecule has 0 aliphatic carbocycles. The monoisotopic (exact) mass is 403 g/mol. The number of carbonyl (C=O) groups excluding carboxylic acids is 2. The molecule has 3 aliphatic heterocycles. The van der Waals surface area contributed by atoms with Gasteiger partial charge in [-0.1, -0.05) is 30.3 Å². The number of hydrogen-bond acceptors (Lipinski definition) is 5. The topological polar surface area (TPSA) is 53.1 Å². The number of amides is 2. The van der Waals surface area contributed by atoms with E-state index in [1.807, 2.05) is 59.5 Å². The van der Waals surface area contributed by atoms with Crippen LogP contribution < -0.4 is 9.80 Å². The van der Waals surface area contributed by atoms with Crippen molar-refractivity contribution in [1.82, 2.24) is 4.90 Å². The van der Waals surface area contributed by atoms with Gasteiger partial charge in [-0.05, 0) is 42.7 Å². The first-order chi connectivity index (χ1) is 14.7. The first-order valence-corrected chi connectivity index (χ1v) is 10.6. The Labute approximate surface area is 176 Å². The van der Waals surface area contributed by atoms with Gasteiger partial charge in [0.05, 0.1) is 24.5 Å². The molecule has 2 amide bonds. The molecule has 2 aromatic carbocycles. The highest BCUT2D eigenvalue weighted by atomic mass is 16.5. The first kappa shape index (κ1) is 18.9. The van der Waals surface area contributed by atoms with Crippen LogP contribution in [0, 0.1) is 0 Å². The molecule has 2 aromatic rings.